The normalized spacial score (nSPS) is 13.1. The predicted molar refractivity (Wildman–Crippen MR) is 142 cm³/mol. The molecule has 0 radical (unpaired) electrons. The third-order valence-electron chi connectivity index (χ3n) is 6.04. The van der Waals surface area contributed by atoms with Gasteiger partial charge in [0.25, 0.3) is 0 Å². The van der Waals surface area contributed by atoms with E-state index < -0.39 is 15.4 Å². The minimum atomic E-state index is -3.49. The Morgan fingerprint density at radius 1 is 1.00 bits per heavy atom. The summed E-state index contributed by atoms with van der Waals surface area (Å²) in [6.07, 6.45) is 3.41. The molecule has 36 heavy (non-hydrogen) atoms. The molecule has 1 atom stereocenters. The van der Waals surface area contributed by atoms with Crippen molar-refractivity contribution >= 4 is 21.4 Å². The van der Waals surface area contributed by atoms with E-state index in [4.69, 9.17) is 16.6 Å². The maximum Gasteiger partial charge on any atom is 0.175 e. The fraction of sp³-hybridized carbons (Fsp3) is 0.250. The first-order valence-corrected chi connectivity index (χ1v) is 13.8. The van der Waals surface area contributed by atoms with Gasteiger partial charge in [-0.15, -0.1) is 11.6 Å². The lowest BCUT2D eigenvalue weighted by atomic mass is 10.0. The zero-order chi connectivity index (χ0) is 26.1. The second-order valence-corrected chi connectivity index (χ2v) is 11.9. The number of nitrogens with zero attached hydrogens (tertiary/aromatic N) is 2. The summed E-state index contributed by atoms with van der Waals surface area (Å²) >= 11 is 6.72. The van der Waals surface area contributed by atoms with Gasteiger partial charge in [-0.1, -0.05) is 54.6 Å². The highest BCUT2D eigenvalue weighted by molar-refractivity contribution is 7.90. The molecule has 0 aliphatic heterocycles. The lowest BCUT2D eigenvalue weighted by Crippen LogP contribution is -2.16. The summed E-state index contributed by atoms with van der Waals surface area (Å²) in [5.74, 6) is 0.718. The highest BCUT2D eigenvalue weighted by atomic mass is 35.5. The Labute approximate surface area is 216 Å². The van der Waals surface area contributed by atoms with Crippen molar-refractivity contribution in [2.24, 2.45) is 0 Å². The maximum absolute atomic E-state index is 12.2. The van der Waals surface area contributed by atoms with Crippen LogP contribution in [-0.4, -0.2) is 34.4 Å². The summed E-state index contributed by atoms with van der Waals surface area (Å²) in [5.41, 5.74) is 3.17. The van der Waals surface area contributed by atoms with Crippen molar-refractivity contribution in [3.8, 4) is 16.8 Å². The van der Waals surface area contributed by atoms with E-state index in [1.165, 1.54) is 0 Å². The molecule has 3 aromatic carbocycles. The minimum Gasteiger partial charge on any atom is -0.392 e. The van der Waals surface area contributed by atoms with Crippen LogP contribution in [0.3, 0.4) is 0 Å². The lowest BCUT2D eigenvalue weighted by molar-refractivity contribution is 0.0741. The fourth-order valence-corrected chi connectivity index (χ4v) is 5.28. The average molecular weight is 525 g/mol. The van der Waals surface area contributed by atoms with Gasteiger partial charge in [0, 0.05) is 24.6 Å². The lowest BCUT2D eigenvalue weighted by Gasteiger charge is -2.13. The molecule has 2 N–H and O–H groups in total. The van der Waals surface area contributed by atoms with Gasteiger partial charge in [-0.2, -0.15) is 0 Å². The van der Waals surface area contributed by atoms with Crippen molar-refractivity contribution in [1.82, 2.24) is 9.55 Å². The summed E-state index contributed by atoms with van der Waals surface area (Å²) in [4.78, 5) is 4.82. The second kappa shape index (κ2) is 10.2. The number of hydrogen-bond donors (Lipinski definition) is 2. The standard InChI is InChI=1S/C28H29ClN2O4S/c1-28(2,33)26-17-31(27(30-26)16-24(29)20-7-5-4-6-8-20)23-13-11-19(12-14-23)21-9-10-22(18-32)25(15-21)36(3,34)35/h4-15,17,24,32-33H,16,18H2,1-3H3. The first kappa shape index (κ1) is 26.1. The number of imidazole rings is 1. The van der Waals surface area contributed by atoms with E-state index in [2.05, 4.69) is 0 Å². The molecular formula is C28H29ClN2O4S. The van der Waals surface area contributed by atoms with Crippen molar-refractivity contribution in [3.05, 3.63) is 102 Å². The van der Waals surface area contributed by atoms with E-state index in [-0.39, 0.29) is 16.9 Å². The average Bonchev–Trinajstić information content (AvgIpc) is 3.28. The molecule has 4 rings (SSSR count). The summed E-state index contributed by atoms with van der Waals surface area (Å²) in [6.45, 7) is 3.04. The van der Waals surface area contributed by atoms with Crippen LogP contribution in [0.2, 0.25) is 0 Å². The summed E-state index contributed by atoms with van der Waals surface area (Å²) in [5, 5.41) is 19.8. The molecule has 0 bridgehead atoms. The van der Waals surface area contributed by atoms with Crippen LogP contribution in [0.4, 0.5) is 0 Å². The van der Waals surface area contributed by atoms with E-state index >= 15 is 0 Å². The fourth-order valence-electron chi connectivity index (χ4n) is 4.05. The maximum atomic E-state index is 12.2. The highest BCUT2D eigenvalue weighted by Gasteiger charge is 2.24. The van der Waals surface area contributed by atoms with Gasteiger partial charge in [0.2, 0.25) is 0 Å². The Kier molecular flexibility index (Phi) is 7.38. The van der Waals surface area contributed by atoms with Gasteiger partial charge in [-0.05, 0) is 54.3 Å². The molecule has 1 aromatic heterocycles. The van der Waals surface area contributed by atoms with Crippen LogP contribution in [0, 0.1) is 0 Å². The monoisotopic (exact) mass is 524 g/mol. The van der Waals surface area contributed by atoms with Crippen molar-refractivity contribution in [2.75, 3.05) is 6.26 Å². The number of sulfone groups is 1. The van der Waals surface area contributed by atoms with Gasteiger partial charge in [-0.25, -0.2) is 13.4 Å². The van der Waals surface area contributed by atoms with Gasteiger partial charge < -0.3 is 14.8 Å². The smallest absolute Gasteiger partial charge is 0.175 e. The summed E-state index contributed by atoms with van der Waals surface area (Å²) in [7, 11) is -3.49. The zero-order valence-corrected chi connectivity index (χ0v) is 22.0. The predicted octanol–water partition coefficient (Wildman–Crippen LogP) is 5.19. The van der Waals surface area contributed by atoms with Crippen molar-refractivity contribution < 1.29 is 18.6 Å². The molecule has 1 unspecified atom stereocenters. The second-order valence-electron chi connectivity index (χ2n) is 9.35. The number of hydrogen-bond acceptors (Lipinski definition) is 5. The van der Waals surface area contributed by atoms with E-state index in [0.717, 1.165) is 34.5 Å². The van der Waals surface area contributed by atoms with Gasteiger partial charge in [0.1, 0.15) is 11.4 Å². The molecule has 0 fully saturated rings. The van der Waals surface area contributed by atoms with Crippen molar-refractivity contribution in [1.29, 1.82) is 0 Å². The molecule has 0 spiro atoms. The molecule has 0 saturated heterocycles. The Morgan fingerprint density at radius 2 is 1.64 bits per heavy atom. The Morgan fingerprint density at radius 3 is 2.22 bits per heavy atom. The van der Waals surface area contributed by atoms with Gasteiger partial charge in [0.05, 0.1) is 22.6 Å². The number of aliphatic hydroxyl groups excluding tert-OH is 1. The molecule has 1 heterocycles. The van der Waals surface area contributed by atoms with E-state index in [9.17, 15) is 18.6 Å². The largest absolute Gasteiger partial charge is 0.392 e. The number of alkyl halides is 1. The molecule has 0 saturated carbocycles. The van der Waals surface area contributed by atoms with Crippen LogP contribution in [0.25, 0.3) is 16.8 Å². The Hall–Kier alpha value is -2.97. The van der Waals surface area contributed by atoms with Crippen LogP contribution in [-0.2, 0) is 28.5 Å². The van der Waals surface area contributed by atoms with Crippen LogP contribution in [0.1, 0.15) is 41.9 Å². The SMILES string of the molecule is CC(C)(O)c1cn(-c2ccc(-c3ccc(CO)c(S(C)(=O)=O)c3)cc2)c(CC(Cl)c2ccccc2)n1. The third-order valence-corrected chi connectivity index (χ3v) is 7.63. The van der Waals surface area contributed by atoms with Crippen LogP contribution in [0.15, 0.2) is 83.9 Å². The van der Waals surface area contributed by atoms with Crippen LogP contribution < -0.4 is 0 Å². The van der Waals surface area contributed by atoms with E-state index in [1.807, 2.05) is 65.4 Å². The van der Waals surface area contributed by atoms with Crippen LogP contribution in [0.5, 0.6) is 0 Å². The number of aromatic nitrogens is 2. The van der Waals surface area contributed by atoms with Gasteiger partial charge in [0.15, 0.2) is 9.84 Å². The number of aliphatic hydroxyl groups is 2. The minimum absolute atomic E-state index is 0.118. The zero-order valence-electron chi connectivity index (χ0n) is 20.4. The molecule has 6 nitrogen and oxygen atoms in total. The van der Waals surface area contributed by atoms with Crippen LogP contribution >= 0.6 is 11.6 Å². The van der Waals surface area contributed by atoms with E-state index in [1.54, 1.807) is 32.0 Å². The topological polar surface area (TPSA) is 92.4 Å². The first-order valence-electron chi connectivity index (χ1n) is 11.5. The number of halogens is 1. The molecule has 8 heteroatoms. The molecular weight excluding hydrogens is 496 g/mol. The van der Waals surface area contributed by atoms with Crippen molar-refractivity contribution in [3.63, 3.8) is 0 Å². The van der Waals surface area contributed by atoms with E-state index in [0.29, 0.717) is 17.7 Å². The Bertz CT molecular complexity index is 1460. The first-order chi connectivity index (χ1) is 17.0. The molecule has 0 amide bonds. The highest BCUT2D eigenvalue weighted by Crippen LogP contribution is 2.30. The number of rotatable bonds is 8. The van der Waals surface area contributed by atoms with Gasteiger partial charge >= 0.3 is 0 Å². The third kappa shape index (κ3) is 5.71. The number of benzene rings is 3. The quantitative estimate of drug-likeness (QED) is 0.310. The molecule has 0 aliphatic carbocycles. The molecule has 0 aliphatic rings. The molecule has 188 valence electrons. The Balaban J connectivity index is 1.70. The molecule has 4 aromatic rings. The summed E-state index contributed by atoms with van der Waals surface area (Å²) < 4.78 is 26.3. The van der Waals surface area contributed by atoms with Crippen molar-refractivity contribution in [2.45, 2.75) is 42.7 Å². The van der Waals surface area contributed by atoms with Gasteiger partial charge in [-0.3, -0.25) is 0 Å². The summed E-state index contributed by atoms with van der Waals surface area (Å²) in [6, 6.07) is 22.4.